The van der Waals surface area contributed by atoms with Crippen molar-refractivity contribution in [3.63, 3.8) is 0 Å². The number of nitrogens with one attached hydrogen (secondary N) is 1. The molecule has 20 heavy (non-hydrogen) atoms. The highest BCUT2D eigenvalue weighted by Gasteiger charge is 2.32. The van der Waals surface area contributed by atoms with Gasteiger partial charge in [0.25, 0.3) is 0 Å². The van der Waals surface area contributed by atoms with Gasteiger partial charge in [-0.2, -0.15) is 0 Å². The molecule has 1 aliphatic heterocycles. The normalized spacial score (nSPS) is 14.8. The molecule has 0 radical (unpaired) electrons. The predicted octanol–water partition coefficient (Wildman–Crippen LogP) is 0.677. The average molecular weight is 286 g/mol. The summed E-state index contributed by atoms with van der Waals surface area (Å²) in [5, 5.41) is 2.39. The Kier molecular flexibility index (Phi) is 6.83. The Hall–Kier alpha value is -1.79. The number of amides is 2. The van der Waals surface area contributed by atoms with Crippen LogP contribution in [0.25, 0.3) is 0 Å². The van der Waals surface area contributed by atoms with Crippen LogP contribution in [0.2, 0.25) is 0 Å². The van der Waals surface area contributed by atoms with Crippen molar-refractivity contribution in [2.75, 3.05) is 26.3 Å². The zero-order valence-electron chi connectivity index (χ0n) is 12.0. The molecule has 0 aromatic carbocycles. The number of carbonyl (C=O) groups is 3. The zero-order valence-corrected chi connectivity index (χ0v) is 12.0. The number of carbonyl (C=O) groups excluding carboxylic acids is 3. The topological polar surface area (TPSA) is 84.9 Å². The van der Waals surface area contributed by atoms with Crippen molar-refractivity contribution in [3.8, 4) is 0 Å². The fraction of sp³-hybridized carbons (Fsp3) is 0.769. The Bertz CT molecular complexity index is 335. The van der Waals surface area contributed by atoms with Crippen LogP contribution < -0.4 is 5.32 Å². The lowest BCUT2D eigenvalue weighted by atomic mass is 10.1. The highest BCUT2D eigenvalue weighted by atomic mass is 16.6. The number of hydrogen-bond acceptors (Lipinski definition) is 5. The summed E-state index contributed by atoms with van der Waals surface area (Å²) in [7, 11) is 0. The van der Waals surface area contributed by atoms with Crippen LogP contribution in [0.15, 0.2) is 0 Å². The van der Waals surface area contributed by atoms with Crippen molar-refractivity contribution in [1.82, 2.24) is 10.2 Å². The monoisotopic (exact) mass is 286 g/mol. The smallest absolute Gasteiger partial charge is 0.340 e. The second-order valence-corrected chi connectivity index (χ2v) is 4.43. The van der Waals surface area contributed by atoms with E-state index >= 15 is 0 Å². The van der Waals surface area contributed by atoms with Crippen molar-refractivity contribution in [2.45, 2.75) is 39.2 Å². The highest BCUT2D eigenvalue weighted by Crippen LogP contribution is 2.09. The van der Waals surface area contributed by atoms with Crippen molar-refractivity contribution < 1.29 is 23.9 Å². The van der Waals surface area contributed by atoms with E-state index < -0.39 is 24.0 Å². The van der Waals surface area contributed by atoms with Crippen molar-refractivity contribution in [2.24, 2.45) is 0 Å². The van der Waals surface area contributed by atoms with Gasteiger partial charge in [-0.05, 0) is 33.1 Å². The van der Waals surface area contributed by atoms with Crippen LogP contribution in [0.5, 0.6) is 0 Å². The van der Waals surface area contributed by atoms with E-state index in [1.54, 1.807) is 18.7 Å². The highest BCUT2D eigenvalue weighted by molar-refractivity contribution is 6.02. The van der Waals surface area contributed by atoms with Gasteiger partial charge in [-0.15, -0.1) is 0 Å². The SMILES string of the molecule is CCOC(=O)C(NC(=O)N1CCCCC1)C(=O)OCC. The maximum absolute atomic E-state index is 12.0. The number of hydrogen-bond donors (Lipinski definition) is 1. The maximum atomic E-state index is 12.0. The molecule has 1 heterocycles. The van der Waals surface area contributed by atoms with E-state index in [1.165, 1.54) is 0 Å². The van der Waals surface area contributed by atoms with Gasteiger partial charge in [0.2, 0.25) is 6.04 Å². The third-order valence-electron chi connectivity index (χ3n) is 2.96. The summed E-state index contributed by atoms with van der Waals surface area (Å²) in [5.74, 6) is -1.59. The summed E-state index contributed by atoms with van der Waals surface area (Å²) in [6.45, 7) is 4.79. The van der Waals surface area contributed by atoms with Gasteiger partial charge in [0, 0.05) is 13.1 Å². The summed E-state index contributed by atoms with van der Waals surface area (Å²) < 4.78 is 9.57. The molecule has 0 saturated carbocycles. The summed E-state index contributed by atoms with van der Waals surface area (Å²) in [5.41, 5.74) is 0. The number of urea groups is 1. The van der Waals surface area contributed by atoms with Crippen LogP contribution in [-0.2, 0) is 19.1 Å². The van der Waals surface area contributed by atoms with Gasteiger partial charge in [0.05, 0.1) is 13.2 Å². The van der Waals surface area contributed by atoms with Crippen LogP contribution in [0.1, 0.15) is 33.1 Å². The standard InChI is InChI=1S/C13H22N2O5/c1-3-19-11(16)10(12(17)20-4-2)14-13(18)15-8-6-5-7-9-15/h10H,3-9H2,1-2H3,(H,14,18). The van der Waals surface area contributed by atoms with E-state index in [-0.39, 0.29) is 13.2 Å². The fourth-order valence-electron chi connectivity index (χ4n) is 1.98. The molecule has 0 unspecified atom stereocenters. The minimum absolute atomic E-state index is 0.133. The maximum Gasteiger partial charge on any atom is 0.340 e. The second kappa shape index (κ2) is 8.39. The molecular formula is C13H22N2O5. The molecule has 0 spiro atoms. The van der Waals surface area contributed by atoms with Crippen LogP contribution in [0.3, 0.4) is 0 Å². The van der Waals surface area contributed by atoms with Crippen molar-refractivity contribution in [3.05, 3.63) is 0 Å². The average Bonchev–Trinajstić information content (AvgIpc) is 2.45. The van der Waals surface area contributed by atoms with Gasteiger partial charge in [0.15, 0.2) is 0 Å². The number of ether oxygens (including phenoxy) is 2. The molecule has 1 saturated heterocycles. The molecule has 0 aromatic rings. The molecule has 0 bridgehead atoms. The van der Waals surface area contributed by atoms with E-state index in [4.69, 9.17) is 9.47 Å². The van der Waals surface area contributed by atoms with Gasteiger partial charge in [-0.3, -0.25) is 0 Å². The van der Waals surface area contributed by atoms with E-state index in [2.05, 4.69) is 5.32 Å². The van der Waals surface area contributed by atoms with Gasteiger partial charge in [-0.1, -0.05) is 0 Å². The Morgan fingerprint density at radius 2 is 1.50 bits per heavy atom. The molecule has 0 aromatic heterocycles. The van der Waals surface area contributed by atoms with E-state index in [9.17, 15) is 14.4 Å². The molecule has 7 nitrogen and oxygen atoms in total. The Morgan fingerprint density at radius 3 is 1.95 bits per heavy atom. The number of esters is 2. The van der Waals surface area contributed by atoms with Crippen molar-refractivity contribution in [1.29, 1.82) is 0 Å². The van der Waals surface area contributed by atoms with E-state index in [0.29, 0.717) is 13.1 Å². The first-order chi connectivity index (χ1) is 9.60. The Balaban J connectivity index is 2.64. The third kappa shape index (κ3) is 4.71. The summed E-state index contributed by atoms with van der Waals surface area (Å²) in [6.07, 6.45) is 2.94. The van der Waals surface area contributed by atoms with Gasteiger partial charge in [0.1, 0.15) is 0 Å². The number of rotatable bonds is 5. The molecule has 0 atom stereocenters. The first-order valence-corrected chi connectivity index (χ1v) is 6.98. The molecule has 114 valence electrons. The number of likely N-dealkylation sites (tertiary alicyclic amines) is 1. The number of piperidine rings is 1. The summed E-state index contributed by atoms with van der Waals surface area (Å²) in [4.78, 5) is 37.1. The predicted molar refractivity (Wildman–Crippen MR) is 71.0 cm³/mol. The van der Waals surface area contributed by atoms with Gasteiger partial charge < -0.3 is 19.7 Å². The molecule has 7 heteroatoms. The molecular weight excluding hydrogens is 264 g/mol. The fourth-order valence-corrected chi connectivity index (χ4v) is 1.98. The van der Waals surface area contributed by atoms with E-state index in [0.717, 1.165) is 19.3 Å². The lowest BCUT2D eigenvalue weighted by Gasteiger charge is -2.28. The van der Waals surface area contributed by atoms with Gasteiger partial charge >= 0.3 is 18.0 Å². The number of nitrogens with zero attached hydrogens (tertiary/aromatic N) is 1. The lowest BCUT2D eigenvalue weighted by molar-refractivity contribution is -0.157. The minimum Gasteiger partial charge on any atom is -0.464 e. The van der Waals surface area contributed by atoms with E-state index in [1.807, 2.05) is 0 Å². The molecule has 0 aliphatic carbocycles. The van der Waals surface area contributed by atoms with Crippen LogP contribution in [0, 0.1) is 0 Å². The summed E-state index contributed by atoms with van der Waals surface area (Å²) in [6, 6.07) is -1.83. The molecule has 1 N–H and O–H groups in total. The van der Waals surface area contributed by atoms with Crippen LogP contribution >= 0.6 is 0 Å². The third-order valence-corrected chi connectivity index (χ3v) is 2.96. The van der Waals surface area contributed by atoms with Gasteiger partial charge in [-0.25, -0.2) is 14.4 Å². The van der Waals surface area contributed by atoms with Crippen molar-refractivity contribution >= 4 is 18.0 Å². The molecule has 2 amide bonds. The Morgan fingerprint density at radius 1 is 1.00 bits per heavy atom. The Labute approximate surface area is 118 Å². The molecule has 1 fully saturated rings. The summed E-state index contributed by atoms with van der Waals surface area (Å²) >= 11 is 0. The largest absolute Gasteiger partial charge is 0.464 e. The molecule has 1 rings (SSSR count). The molecule has 1 aliphatic rings. The first kappa shape index (κ1) is 16.3. The quantitative estimate of drug-likeness (QED) is 0.593. The zero-order chi connectivity index (χ0) is 15.0. The second-order valence-electron chi connectivity index (χ2n) is 4.43. The first-order valence-electron chi connectivity index (χ1n) is 6.98. The van der Waals surface area contributed by atoms with Crippen LogP contribution in [-0.4, -0.2) is 55.2 Å². The van der Waals surface area contributed by atoms with Crippen LogP contribution in [0.4, 0.5) is 4.79 Å². The minimum atomic E-state index is -1.40. The lowest BCUT2D eigenvalue weighted by Crippen LogP contribution is -2.53.